The molecule has 1 saturated heterocycles. The first-order chi connectivity index (χ1) is 22.0. The number of carboxylic acid groups (broad SMARTS) is 1. The van der Waals surface area contributed by atoms with Crippen LogP contribution in [0.15, 0.2) is 47.1 Å². The highest BCUT2D eigenvalue weighted by atomic mass is 16.5. The fraction of sp³-hybridized carbons (Fsp3) is 0.486. The monoisotopic (exact) mass is 633 g/mol. The number of rotatable bonds is 11. The normalized spacial score (nSPS) is 25.6. The number of aromatic amines is 1. The van der Waals surface area contributed by atoms with Gasteiger partial charge < -0.3 is 44.8 Å². The second-order valence-corrected chi connectivity index (χ2v) is 13.1. The van der Waals surface area contributed by atoms with Crippen LogP contribution in [0.25, 0.3) is 21.9 Å². The molecule has 0 bridgehead atoms. The Morgan fingerprint density at radius 2 is 1.93 bits per heavy atom. The summed E-state index contributed by atoms with van der Waals surface area (Å²) in [7, 11) is 0. The van der Waals surface area contributed by atoms with Gasteiger partial charge in [0.05, 0.1) is 35.5 Å². The highest BCUT2D eigenvalue weighted by molar-refractivity contribution is 6.05. The van der Waals surface area contributed by atoms with Crippen LogP contribution in [0.3, 0.4) is 0 Å². The van der Waals surface area contributed by atoms with Crippen molar-refractivity contribution in [3.63, 3.8) is 0 Å². The molecule has 46 heavy (non-hydrogen) atoms. The van der Waals surface area contributed by atoms with Crippen LogP contribution in [-0.4, -0.2) is 75.0 Å². The van der Waals surface area contributed by atoms with Crippen LogP contribution in [-0.2, 0) is 16.8 Å². The molecule has 2 fully saturated rings. The Kier molecular flexibility index (Phi) is 8.75. The SMILES string of the molecule is CCOc1ccc2c(COc3cccc4[nH]c(C(=O)O)c(C5(C(N)=O)CCC(O)(CCN6CC[C@H](O)[C@@H](C)C6)CC5)c34)coc2c1. The van der Waals surface area contributed by atoms with Gasteiger partial charge in [0.1, 0.15) is 29.4 Å². The topological polar surface area (TPSA) is 171 Å². The Labute approximate surface area is 267 Å². The number of carboxylic acids is 1. The average Bonchev–Trinajstić information content (AvgIpc) is 3.63. The highest BCUT2D eigenvalue weighted by Gasteiger charge is 2.50. The predicted octanol–water partition coefficient (Wildman–Crippen LogP) is 4.71. The molecule has 0 unspecified atom stereocenters. The number of fused-ring (bicyclic) bond motifs is 2. The Morgan fingerprint density at radius 3 is 2.63 bits per heavy atom. The van der Waals surface area contributed by atoms with Gasteiger partial charge in [-0.1, -0.05) is 13.0 Å². The lowest BCUT2D eigenvalue weighted by atomic mass is 9.63. The third-order valence-electron chi connectivity index (χ3n) is 10.1. The first-order valence-corrected chi connectivity index (χ1v) is 16.1. The molecule has 11 heteroatoms. The number of furan rings is 1. The number of H-pyrrole nitrogens is 1. The maximum absolute atomic E-state index is 13.4. The summed E-state index contributed by atoms with van der Waals surface area (Å²) in [5, 5.41) is 33.4. The number of hydrogen-bond acceptors (Lipinski definition) is 8. The molecule has 1 saturated carbocycles. The van der Waals surface area contributed by atoms with Crippen LogP contribution in [0.5, 0.6) is 11.5 Å². The molecule has 1 amide bonds. The molecule has 0 spiro atoms. The quantitative estimate of drug-likeness (QED) is 0.157. The first kappa shape index (κ1) is 31.9. The Hall–Kier alpha value is -4.06. The van der Waals surface area contributed by atoms with Gasteiger partial charge in [-0.25, -0.2) is 4.79 Å². The zero-order valence-electron chi connectivity index (χ0n) is 26.4. The smallest absolute Gasteiger partial charge is 0.352 e. The average molecular weight is 634 g/mol. The number of amides is 1. The minimum Gasteiger partial charge on any atom is -0.494 e. The van der Waals surface area contributed by atoms with Gasteiger partial charge in [0.25, 0.3) is 0 Å². The van der Waals surface area contributed by atoms with E-state index in [-0.39, 0.29) is 37.2 Å². The Bertz CT molecular complexity index is 1730. The number of ether oxygens (including phenoxy) is 2. The summed E-state index contributed by atoms with van der Waals surface area (Å²) >= 11 is 0. The van der Waals surface area contributed by atoms with E-state index in [1.807, 2.05) is 32.0 Å². The number of nitrogens with two attached hydrogens (primary N) is 1. The number of nitrogens with zero attached hydrogens (tertiary/aromatic N) is 1. The van der Waals surface area contributed by atoms with E-state index in [1.54, 1.807) is 24.5 Å². The zero-order valence-corrected chi connectivity index (χ0v) is 26.4. The van der Waals surface area contributed by atoms with Crippen LogP contribution in [0.4, 0.5) is 0 Å². The maximum Gasteiger partial charge on any atom is 0.352 e. The third kappa shape index (κ3) is 5.94. The minimum atomic E-state index is -1.32. The molecule has 4 aromatic rings. The highest BCUT2D eigenvalue weighted by Crippen LogP contribution is 2.49. The molecular weight excluding hydrogens is 590 g/mol. The van der Waals surface area contributed by atoms with E-state index in [1.165, 1.54) is 0 Å². The molecule has 2 aromatic heterocycles. The van der Waals surface area contributed by atoms with E-state index < -0.39 is 22.9 Å². The standard InChI is InChI=1S/C35H43N3O8/c1-3-44-23-7-8-24-22(20-46-28(24)17-23)19-45-27-6-4-5-25-29(27)30(31(37-25)32(40)41)35(33(36)42)12-10-34(43,11-13-35)14-16-38-15-9-26(39)21(2)18-38/h4-8,17,20-21,26,37,39,43H,3,9-16,18-19H2,1-2H3,(H2,36,42)(H,40,41)/t21-,26-,34?,35?/m0/s1. The number of primary amides is 1. The summed E-state index contributed by atoms with van der Waals surface area (Å²) < 4.78 is 17.7. The molecule has 6 N–H and O–H groups in total. The van der Waals surface area contributed by atoms with Gasteiger partial charge in [-0.05, 0) is 75.6 Å². The number of aliphatic hydroxyl groups excluding tert-OH is 1. The fourth-order valence-electron chi connectivity index (χ4n) is 7.36. The van der Waals surface area contributed by atoms with Gasteiger partial charge in [-0.15, -0.1) is 0 Å². The summed E-state index contributed by atoms with van der Waals surface area (Å²) in [5.41, 5.74) is 5.98. The number of hydrogen-bond donors (Lipinski definition) is 5. The molecule has 3 heterocycles. The van der Waals surface area contributed by atoms with Gasteiger partial charge in [0.15, 0.2) is 0 Å². The van der Waals surface area contributed by atoms with E-state index in [4.69, 9.17) is 19.6 Å². The van der Waals surface area contributed by atoms with Crippen molar-refractivity contribution >= 4 is 33.7 Å². The molecule has 0 radical (unpaired) electrons. The van der Waals surface area contributed by atoms with Crippen molar-refractivity contribution in [2.24, 2.45) is 11.7 Å². The lowest BCUT2D eigenvalue weighted by Gasteiger charge is -2.44. The maximum atomic E-state index is 13.4. The Morgan fingerprint density at radius 1 is 1.15 bits per heavy atom. The van der Waals surface area contributed by atoms with Gasteiger partial charge in [0.2, 0.25) is 5.91 Å². The van der Waals surface area contributed by atoms with Crippen LogP contribution >= 0.6 is 0 Å². The number of likely N-dealkylation sites (tertiary alicyclic amines) is 1. The van der Waals surface area contributed by atoms with E-state index >= 15 is 0 Å². The lowest BCUT2D eigenvalue weighted by Crippen LogP contribution is -2.50. The van der Waals surface area contributed by atoms with E-state index in [0.717, 1.165) is 24.0 Å². The molecule has 246 valence electrons. The number of carbonyl (C=O) groups excluding carboxylic acids is 1. The molecular formula is C35H43N3O8. The van der Waals surface area contributed by atoms with Crippen molar-refractivity contribution in [2.45, 2.75) is 76.1 Å². The minimum absolute atomic E-state index is 0.103. The van der Waals surface area contributed by atoms with Crippen molar-refractivity contribution in [3.8, 4) is 11.5 Å². The molecule has 1 aliphatic carbocycles. The van der Waals surface area contributed by atoms with Crippen LogP contribution < -0.4 is 15.2 Å². The van der Waals surface area contributed by atoms with Crippen LogP contribution in [0, 0.1) is 5.92 Å². The van der Waals surface area contributed by atoms with Crippen LogP contribution in [0.1, 0.15) is 74.0 Å². The van der Waals surface area contributed by atoms with E-state index in [0.29, 0.717) is 72.4 Å². The number of benzene rings is 2. The largest absolute Gasteiger partial charge is 0.494 e. The second-order valence-electron chi connectivity index (χ2n) is 13.1. The summed E-state index contributed by atoms with van der Waals surface area (Å²) in [4.78, 5) is 31.3. The summed E-state index contributed by atoms with van der Waals surface area (Å²) in [6, 6.07) is 10.9. The third-order valence-corrected chi connectivity index (χ3v) is 10.1. The molecule has 2 aromatic carbocycles. The summed E-state index contributed by atoms with van der Waals surface area (Å²) in [6.07, 6.45) is 3.53. The van der Waals surface area contributed by atoms with E-state index in [9.17, 15) is 24.9 Å². The van der Waals surface area contributed by atoms with Crippen molar-refractivity contribution in [1.82, 2.24) is 9.88 Å². The number of aromatic nitrogens is 1. The van der Waals surface area contributed by atoms with Crippen molar-refractivity contribution in [1.29, 1.82) is 0 Å². The van der Waals surface area contributed by atoms with Gasteiger partial charge in [0, 0.05) is 47.6 Å². The number of aromatic carboxylic acids is 1. The zero-order chi connectivity index (χ0) is 32.6. The second kappa shape index (κ2) is 12.6. The number of nitrogens with one attached hydrogen (secondary N) is 1. The van der Waals surface area contributed by atoms with Gasteiger partial charge >= 0.3 is 5.97 Å². The van der Waals surface area contributed by atoms with Gasteiger partial charge in [-0.3, -0.25) is 4.79 Å². The predicted molar refractivity (Wildman–Crippen MR) is 172 cm³/mol. The number of aliphatic hydroxyl groups is 2. The molecule has 1 aliphatic heterocycles. The molecule has 2 aliphatic rings. The van der Waals surface area contributed by atoms with Crippen molar-refractivity contribution < 1.29 is 38.8 Å². The molecule has 6 rings (SSSR count). The van der Waals surface area contributed by atoms with Crippen LogP contribution in [0.2, 0.25) is 0 Å². The van der Waals surface area contributed by atoms with E-state index in [2.05, 4.69) is 9.88 Å². The number of carbonyl (C=O) groups is 2. The Balaban J connectivity index is 1.28. The first-order valence-electron chi connectivity index (χ1n) is 16.1. The molecule has 2 atom stereocenters. The van der Waals surface area contributed by atoms with Crippen molar-refractivity contribution in [3.05, 3.63) is 59.5 Å². The fourth-order valence-corrected chi connectivity index (χ4v) is 7.36. The lowest BCUT2D eigenvalue weighted by molar-refractivity contribution is -0.127. The molecule has 11 nitrogen and oxygen atoms in total. The summed E-state index contributed by atoms with van der Waals surface area (Å²) in [6.45, 7) is 6.85. The van der Waals surface area contributed by atoms with Crippen molar-refractivity contribution in [2.75, 3.05) is 26.2 Å². The summed E-state index contributed by atoms with van der Waals surface area (Å²) in [5.74, 6) is -0.537. The number of piperidine rings is 1. The van der Waals surface area contributed by atoms with Gasteiger partial charge in [-0.2, -0.15) is 0 Å².